The van der Waals surface area contributed by atoms with Gasteiger partial charge in [0.2, 0.25) is 0 Å². The van der Waals surface area contributed by atoms with Gasteiger partial charge >= 0.3 is 11.9 Å². The lowest BCUT2D eigenvalue weighted by atomic mass is 9.88. The van der Waals surface area contributed by atoms with Crippen LogP contribution in [0.1, 0.15) is 19.3 Å². The molecule has 0 spiro atoms. The summed E-state index contributed by atoms with van der Waals surface area (Å²) in [7, 11) is 0. The van der Waals surface area contributed by atoms with Crippen molar-refractivity contribution in [1.82, 2.24) is 0 Å². The van der Waals surface area contributed by atoms with E-state index in [4.69, 9.17) is 10.2 Å². The Morgan fingerprint density at radius 1 is 1.15 bits per heavy atom. The van der Waals surface area contributed by atoms with Gasteiger partial charge in [0.15, 0.2) is 0 Å². The summed E-state index contributed by atoms with van der Waals surface area (Å²) in [6.45, 7) is 3.55. The second-order valence-electron chi connectivity index (χ2n) is 2.92. The molecular weight excluding hydrogens is 172 g/mol. The van der Waals surface area contributed by atoms with Gasteiger partial charge in [-0.15, -0.1) is 0 Å². The number of hydrogen-bond acceptors (Lipinski definition) is 2. The van der Waals surface area contributed by atoms with Crippen LogP contribution in [0.4, 0.5) is 0 Å². The van der Waals surface area contributed by atoms with Gasteiger partial charge in [-0.2, -0.15) is 0 Å². The highest BCUT2D eigenvalue weighted by molar-refractivity contribution is 6.02. The van der Waals surface area contributed by atoms with Crippen LogP contribution in [0.5, 0.6) is 0 Å². The van der Waals surface area contributed by atoms with Crippen LogP contribution in [0.25, 0.3) is 0 Å². The molecule has 0 atom stereocenters. The van der Waals surface area contributed by atoms with Crippen molar-refractivity contribution in [3.63, 3.8) is 0 Å². The Bertz CT molecular complexity index is 312. The first-order valence-electron chi connectivity index (χ1n) is 3.92. The van der Waals surface area contributed by atoms with E-state index in [1.165, 1.54) is 0 Å². The minimum Gasteiger partial charge on any atom is -0.478 e. The van der Waals surface area contributed by atoms with Gasteiger partial charge in [0.1, 0.15) is 0 Å². The number of rotatable bonds is 2. The van der Waals surface area contributed by atoms with Gasteiger partial charge in [0.05, 0.1) is 11.1 Å². The van der Waals surface area contributed by atoms with Gasteiger partial charge in [-0.3, -0.25) is 0 Å². The third-order valence-corrected chi connectivity index (χ3v) is 2.03. The molecule has 0 saturated carbocycles. The van der Waals surface area contributed by atoms with E-state index in [9.17, 15) is 9.59 Å². The zero-order chi connectivity index (χ0) is 10.0. The number of aliphatic carboxylic acids is 2. The van der Waals surface area contributed by atoms with Crippen LogP contribution < -0.4 is 0 Å². The van der Waals surface area contributed by atoms with Gasteiger partial charge in [0.25, 0.3) is 0 Å². The Kier molecular flexibility index (Phi) is 2.51. The van der Waals surface area contributed by atoms with Crippen LogP contribution >= 0.6 is 0 Å². The number of carboxylic acids is 2. The summed E-state index contributed by atoms with van der Waals surface area (Å²) in [4.78, 5) is 21.4. The van der Waals surface area contributed by atoms with Gasteiger partial charge in [-0.25, -0.2) is 9.59 Å². The van der Waals surface area contributed by atoms with Crippen molar-refractivity contribution >= 4 is 11.9 Å². The van der Waals surface area contributed by atoms with E-state index in [2.05, 4.69) is 6.58 Å². The van der Waals surface area contributed by atoms with Crippen LogP contribution in [0.3, 0.4) is 0 Å². The van der Waals surface area contributed by atoms with E-state index in [-0.39, 0.29) is 11.1 Å². The summed E-state index contributed by atoms with van der Waals surface area (Å²) in [6.07, 6.45) is 1.55. The fourth-order valence-corrected chi connectivity index (χ4v) is 1.44. The Balaban J connectivity index is 3.19. The molecule has 1 aliphatic rings. The second-order valence-corrected chi connectivity index (χ2v) is 2.92. The first-order chi connectivity index (χ1) is 6.04. The summed E-state index contributed by atoms with van der Waals surface area (Å²) in [5.74, 6) is -2.35. The highest BCUT2D eigenvalue weighted by atomic mass is 16.4. The lowest BCUT2D eigenvalue weighted by molar-refractivity contribution is -0.136. The zero-order valence-electron chi connectivity index (χ0n) is 7.04. The molecule has 70 valence electrons. The standard InChI is InChI=1S/C9H10O4/c1-5-3-2-4-6(8(10)11)7(5)9(12)13/h1-4H2,(H,10,11)(H,12,13). The average Bonchev–Trinajstić information content (AvgIpc) is 2.02. The molecule has 4 heteroatoms. The number of carboxylic acid groups (broad SMARTS) is 2. The van der Waals surface area contributed by atoms with Crippen molar-refractivity contribution in [3.05, 3.63) is 23.3 Å². The monoisotopic (exact) mass is 182 g/mol. The predicted molar refractivity (Wildman–Crippen MR) is 45.3 cm³/mol. The van der Waals surface area contributed by atoms with Crippen LogP contribution in [0.15, 0.2) is 23.3 Å². The molecule has 4 nitrogen and oxygen atoms in total. The second kappa shape index (κ2) is 3.43. The molecule has 0 aliphatic heterocycles. The molecule has 0 heterocycles. The van der Waals surface area contributed by atoms with E-state index in [1.54, 1.807) is 0 Å². The van der Waals surface area contributed by atoms with Gasteiger partial charge < -0.3 is 10.2 Å². The molecule has 0 radical (unpaired) electrons. The van der Waals surface area contributed by atoms with Crippen molar-refractivity contribution in [1.29, 1.82) is 0 Å². The highest BCUT2D eigenvalue weighted by Crippen LogP contribution is 2.28. The molecule has 0 aromatic rings. The van der Waals surface area contributed by atoms with Crippen molar-refractivity contribution < 1.29 is 19.8 Å². The van der Waals surface area contributed by atoms with E-state index < -0.39 is 11.9 Å². The van der Waals surface area contributed by atoms with Crippen molar-refractivity contribution in [3.8, 4) is 0 Å². The first-order valence-corrected chi connectivity index (χ1v) is 3.92. The summed E-state index contributed by atoms with van der Waals surface area (Å²) in [5, 5.41) is 17.5. The Morgan fingerprint density at radius 3 is 2.15 bits per heavy atom. The number of carbonyl (C=O) groups is 2. The van der Waals surface area contributed by atoms with E-state index in [1.807, 2.05) is 0 Å². The SMILES string of the molecule is C=C1CCCC(C(=O)O)=C1C(=O)O. The molecule has 0 fully saturated rings. The minimum atomic E-state index is -1.19. The number of hydrogen-bond donors (Lipinski definition) is 2. The van der Waals surface area contributed by atoms with Crippen LogP contribution in [0.2, 0.25) is 0 Å². The highest BCUT2D eigenvalue weighted by Gasteiger charge is 2.25. The Labute approximate surface area is 75.2 Å². The van der Waals surface area contributed by atoms with E-state index in [0.29, 0.717) is 24.8 Å². The van der Waals surface area contributed by atoms with Gasteiger partial charge in [0, 0.05) is 0 Å². The maximum absolute atomic E-state index is 10.7. The van der Waals surface area contributed by atoms with Gasteiger partial charge in [-0.1, -0.05) is 6.58 Å². The van der Waals surface area contributed by atoms with Crippen LogP contribution in [0, 0.1) is 0 Å². The maximum atomic E-state index is 10.7. The molecule has 1 aliphatic carbocycles. The Morgan fingerprint density at radius 2 is 1.77 bits per heavy atom. The smallest absolute Gasteiger partial charge is 0.336 e. The molecule has 0 amide bonds. The summed E-state index contributed by atoms with van der Waals surface area (Å²) >= 11 is 0. The lowest BCUT2D eigenvalue weighted by Crippen LogP contribution is -2.16. The topological polar surface area (TPSA) is 74.6 Å². The summed E-state index contributed by atoms with van der Waals surface area (Å²) in [5.41, 5.74) is 0.277. The van der Waals surface area contributed by atoms with Crippen molar-refractivity contribution in [2.24, 2.45) is 0 Å². The summed E-state index contributed by atoms with van der Waals surface area (Å²) in [6, 6.07) is 0. The predicted octanol–water partition coefficient (Wildman–Crippen LogP) is 1.19. The quantitative estimate of drug-likeness (QED) is 0.672. The molecule has 0 aromatic heterocycles. The molecule has 13 heavy (non-hydrogen) atoms. The molecule has 1 rings (SSSR count). The normalized spacial score (nSPS) is 17.4. The van der Waals surface area contributed by atoms with Crippen molar-refractivity contribution in [2.75, 3.05) is 0 Å². The van der Waals surface area contributed by atoms with E-state index in [0.717, 1.165) is 0 Å². The molecular formula is C9H10O4. The fourth-order valence-electron chi connectivity index (χ4n) is 1.44. The zero-order valence-corrected chi connectivity index (χ0v) is 7.04. The average molecular weight is 182 g/mol. The third-order valence-electron chi connectivity index (χ3n) is 2.03. The largest absolute Gasteiger partial charge is 0.478 e. The molecule has 0 aromatic carbocycles. The molecule has 0 unspecified atom stereocenters. The summed E-state index contributed by atoms with van der Waals surface area (Å²) < 4.78 is 0. The Hall–Kier alpha value is -1.58. The van der Waals surface area contributed by atoms with Crippen LogP contribution in [-0.2, 0) is 9.59 Å². The third kappa shape index (κ3) is 1.77. The minimum absolute atomic E-state index is 0.0243. The van der Waals surface area contributed by atoms with E-state index >= 15 is 0 Å². The molecule has 0 saturated heterocycles. The first kappa shape index (κ1) is 9.51. The maximum Gasteiger partial charge on any atom is 0.336 e. The fraction of sp³-hybridized carbons (Fsp3) is 0.333. The lowest BCUT2D eigenvalue weighted by Gasteiger charge is -2.16. The molecule has 0 bridgehead atoms. The van der Waals surface area contributed by atoms with Crippen molar-refractivity contribution in [2.45, 2.75) is 19.3 Å². The molecule has 2 N–H and O–H groups in total. The van der Waals surface area contributed by atoms with Gasteiger partial charge in [-0.05, 0) is 24.8 Å². The van der Waals surface area contributed by atoms with Crippen LogP contribution in [-0.4, -0.2) is 22.2 Å².